The Hall–Kier alpha value is -12.7. The van der Waals surface area contributed by atoms with Crippen LogP contribution in [0.1, 0.15) is 103 Å². The quantitative estimate of drug-likeness (QED) is 0.0904. The highest BCUT2D eigenvalue weighted by Gasteiger charge is 2.36. The molecule has 0 amide bonds. The van der Waals surface area contributed by atoms with Gasteiger partial charge in [0.05, 0.1) is 107 Å². The van der Waals surface area contributed by atoms with Crippen LogP contribution in [0.2, 0.25) is 58.9 Å². The zero-order valence-electron chi connectivity index (χ0n) is 77.7. The Labute approximate surface area is 746 Å². The lowest BCUT2D eigenvalue weighted by molar-refractivity contribution is -0.617. The van der Waals surface area contributed by atoms with E-state index in [1.54, 1.807) is 0 Å². The molecule has 0 radical (unpaired) electrons. The van der Waals surface area contributed by atoms with Crippen LogP contribution in [0.5, 0.6) is 0 Å². The summed E-state index contributed by atoms with van der Waals surface area (Å²) >= 11 is 0. The lowest BCUT2D eigenvalue weighted by atomic mass is 9.82. The molecule has 1 saturated carbocycles. The lowest BCUT2D eigenvalue weighted by Gasteiger charge is -2.24. The first-order chi connectivity index (χ1) is 61.0. The van der Waals surface area contributed by atoms with Crippen molar-refractivity contribution in [1.29, 1.82) is 0 Å². The molecule has 0 atom stereocenters. The van der Waals surface area contributed by atoms with Crippen LogP contribution < -0.4 is 33.8 Å². The highest BCUT2D eigenvalue weighted by Crippen LogP contribution is 2.45. The topological polar surface area (TPSA) is 84.7 Å². The van der Waals surface area contributed by atoms with Crippen LogP contribution in [-0.2, 0) is 28.2 Å². The number of pyridine rings is 8. The average Bonchev–Trinajstić information content (AvgIpc) is 1.55. The van der Waals surface area contributed by atoms with Gasteiger partial charge in [0.25, 0.3) is 22.6 Å². The Morgan fingerprint density at radius 3 is 1.14 bits per heavy atom. The fraction of sp³-hybridized carbons (Fsp3) is 0.250. The molecule has 12 heterocycles. The fourth-order valence-corrected chi connectivity index (χ4v) is 26.6. The zero-order chi connectivity index (χ0) is 88.5. The molecule has 1 fully saturated rings. The fourth-order valence-electron chi connectivity index (χ4n) is 21.8. The van der Waals surface area contributed by atoms with Crippen molar-refractivity contribution in [3.8, 4) is 22.4 Å². The molecule has 12 aromatic heterocycles. The number of para-hydroxylation sites is 8. The second-order valence-electron chi connectivity index (χ2n) is 39.6. The van der Waals surface area contributed by atoms with Crippen molar-refractivity contribution in [1.82, 2.24) is 37.5 Å². The van der Waals surface area contributed by atoms with Gasteiger partial charge in [-0.2, -0.15) is 17.6 Å². The molecule has 0 aliphatic heterocycles. The van der Waals surface area contributed by atoms with Crippen LogP contribution in [0.25, 0.3) is 176 Å². The molecule has 0 bridgehead atoms. The van der Waals surface area contributed by atoms with Gasteiger partial charge < -0.3 is 0 Å². The smallest absolute Gasteiger partial charge is 0.255 e. The lowest BCUT2D eigenvalue weighted by Crippen LogP contribution is -2.38. The number of imidazole rings is 4. The van der Waals surface area contributed by atoms with Gasteiger partial charge in [0, 0.05) is 39.3 Å². The number of hydrogen-bond donors (Lipinski definition) is 0. The van der Waals surface area contributed by atoms with Gasteiger partial charge in [0.2, 0.25) is 0 Å². The summed E-state index contributed by atoms with van der Waals surface area (Å²) in [6.45, 7) is 39.6. The molecule has 0 spiro atoms. The Bertz CT molecular complexity index is 8350. The number of hydrogen-bond acceptors (Lipinski definition) is 4. The first kappa shape index (κ1) is 82.6. The molecular formula is C112H116N12Si3+4. The van der Waals surface area contributed by atoms with E-state index in [-0.39, 0.29) is 0 Å². The average molecular weight is 1710 g/mol. The maximum atomic E-state index is 5.67. The van der Waals surface area contributed by atoms with Crippen LogP contribution in [0.3, 0.4) is 0 Å². The number of nitrogens with zero attached hydrogens (tertiary/aromatic N) is 12. The Morgan fingerprint density at radius 1 is 0.323 bits per heavy atom. The summed E-state index contributed by atoms with van der Waals surface area (Å²) in [7, 11) is 4.04. The Kier molecular flexibility index (Phi) is 20.2. The predicted octanol–water partition coefficient (Wildman–Crippen LogP) is 24.5. The molecule has 632 valence electrons. The minimum atomic E-state index is -1.59. The van der Waals surface area contributed by atoms with Gasteiger partial charge in [0.15, 0.2) is 44.1 Å². The molecule has 10 aromatic carbocycles. The van der Waals surface area contributed by atoms with E-state index in [0.29, 0.717) is 11.8 Å². The molecular weight excluding hydrogens is 1600 g/mol. The number of aryl methyl sites for hydroxylation is 10. The third kappa shape index (κ3) is 13.3. The van der Waals surface area contributed by atoms with Crippen molar-refractivity contribution >= 4 is 194 Å². The molecule has 12 nitrogen and oxygen atoms in total. The summed E-state index contributed by atoms with van der Waals surface area (Å²) in [6, 6.07) is 88.6. The summed E-state index contributed by atoms with van der Waals surface area (Å²) < 4.78 is 19.2. The van der Waals surface area contributed by atoms with E-state index in [0.717, 1.165) is 33.5 Å². The molecule has 15 heteroatoms. The van der Waals surface area contributed by atoms with Crippen LogP contribution >= 0.6 is 0 Å². The molecule has 23 rings (SSSR count). The predicted molar refractivity (Wildman–Crippen MR) is 544 cm³/mol. The van der Waals surface area contributed by atoms with Crippen LogP contribution in [0.4, 0.5) is 0 Å². The number of benzene rings is 10. The highest BCUT2D eigenvalue weighted by molar-refractivity contribution is 6.91. The van der Waals surface area contributed by atoms with E-state index < -0.39 is 24.2 Å². The number of aromatic nitrogens is 12. The highest BCUT2D eigenvalue weighted by atomic mass is 28.3. The third-order valence-corrected chi connectivity index (χ3v) is 33.8. The molecule has 0 unspecified atom stereocenters. The molecule has 127 heavy (non-hydrogen) atoms. The van der Waals surface area contributed by atoms with Gasteiger partial charge in [-0.15, -0.1) is 0 Å². The molecule has 0 N–H and O–H groups in total. The Balaban J connectivity index is 0.000000108. The van der Waals surface area contributed by atoms with Crippen molar-refractivity contribution in [2.24, 2.45) is 28.2 Å². The maximum Gasteiger partial charge on any atom is 0.297 e. The monoisotopic (exact) mass is 1710 g/mol. The molecule has 1 aliphatic carbocycles. The standard InChI is InChI=1S/C39H36N3.C26H30N3Si.C24H26N3Si.C23H24N3Si/c1-25-14-12-19-29(27-15-6-4-7-16-27)35(25)31-24-26(2)36-38(40-31)37-30(28-17-8-5-9-18-28)20-13-23-34(37)42-33-22-11-10-21-32(33)41(3)39(36)42;1-16(2)18-15-17(3)23-25(27-18)24-21(13-10-14-22(24)30(5,6)7)29-20-12-9-8-11-19(20)28(4)26(23)29;1-15-14-16(2)25-23-21(15)24-26(3)17-10-7-8-11-18(17)27(24)19-12-9-13-20(22(19)23)28(4,5)6;1-15-13-14-24-22-20(15)23-25(2)16-9-6-7-10-17(16)26(23)18-11-8-12-19(21(18)22)27(3,4)5/h4,6-7,10-16,19-24,28H,5,8-9,17-18H2,1-3H3;8-16H,1-7H3;7-14H,1-6H3;6-14H,1-5H3/q4*+1. The van der Waals surface area contributed by atoms with Crippen molar-refractivity contribution < 1.29 is 18.3 Å². The minimum Gasteiger partial charge on any atom is -0.255 e. The van der Waals surface area contributed by atoms with Crippen LogP contribution in [-0.4, -0.2) is 61.8 Å². The van der Waals surface area contributed by atoms with Crippen LogP contribution in [0, 0.1) is 41.5 Å². The first-order valence-corrected chi connectivity index (χ1v) is 56.2. The van der Waals surface area contributed by atoms with E-state index in [1.807, 2.05) is 6.20 Å². The maximum absolute atomic E-state index is 5.67. The van der Waals surface area contributed by atoms with Gasteiger partial charge in [-0.05, 0) is 223 Å². The minimum absolute atomic E-state index is 0.401. The second kappa shape index (κ2) is 31.1. The van der Waals surface area contributed by atoms with E-state index in [9.17, 15) is 0 Å². The van der Waals surface area contributed by atoms with Gasteiger partial charge in [-0.3, -0.25) is 15.0 Å². The zero-order valence-corrected chi connectivity index (χ0v) is 80.7. The van der Waals surface area contributed by atoms with E-state index in [4.69, 9.17) is 19.9 Å². The first-order valence-electron chi connectivity index (χ1n) is 45.7. The van der Waals surface area contributed by atoms with Gasteiger partial charge >= 0.3 is 0 Å². The van der Waals surface area contributed by atoms with E-state index >= 15 is 0 Å². The molecule has 1 aliphatic rings. The number of fused-ring (bicyclic) bond motifs is 32. The second-order valence-corrected chi connectivity index (χ2v) is 54.7. The summed E-state index contributed by atoms with van der Waals surface area (Å²) in [5, 5.41) is 14.8. The van der Waals surface area contributed by atoms with Crippen molar-refractivity contribution in [2.75, 3.05) is 0 Å². The van der Waals surface area contributed by atoms with Gasteiger partial charge in [0.1, 0.15) is 22.1 Å². The summed E-state index contributed by atoms with van der Waals surface area (Å²) in [4.78, 5) is 21.0. The molecule has 22 aromatic rings. The summed E-state index contributed by atoms with van der Waals surface area (Å²) in [5.41, 5.74) is 39.3. The van der Waals surface area contributed by atoms with Crippen molar-refractivity contribution in [2.45, 2.75) is 158 Å². The SMILES string of the molecule is Cc1cc(C(C)C)nc2c3c([Si](C)(C)C)cccc3n3c4ccccc4[n+](C)c3c12.Cc1cc(C)c2c(n1)c1c([Si](C)(C)C)cccc1n1c3ccccc3[n+](C)c21.Cc1cccc(-c2ccccc2)c1-c1cc(C)c2c(n1)c1c(C3CCCCC3)cccc1n1c3ccccc3[n+](C)c21.Cc1ccnc2c3c([Si](C)(C)C)cccc3n3c4ccccc4[n+](C)c3c12. The van der Waals surface area contributed by atoms with Gasteiger partial charge in [-0.25, -0.2) is 23.3 Å². The van der Waals surface area contributed by atoms with E-state index in [2.05, 4.69) is 421 Å². The largest absolute Gasteiger partial charge is 0.297 e. The normalized spacial score (nSPS) is 13.3. The summed E-state index contributed by atoms with van der Waals surface area (Å²) in [6.07, 6.45) is 8.44. The summed E-state index contributed by atoms with van der Waals surface area (Å²) in [5.74, 6) is 0.973. The number of rotatable bonds is 7. The van der Waals surface area contributed by atoms with Gasteiger partial charge in [-0.1, -0.05) is 238 Å². The third-order valence-electron chi connectivity index (χ3n) is 27.7. The van der Waals surface area contributed by atoms with E-state index in [1.165, 1.54) is 235 Å². The molecule has 0 saturated heterocycles. The van der Waals surface area contributed by atoms with Crippen molar-refractivity contribution in [3.63, 3.8) is 0 Å². The Morgan fingerprint density at radius 2 is 0.693 bits per heavy atom. The van der Waals surface area contributed by atoms with Crippen molar-refractivity contribution in [3.05, 3.63) is 294 Å². The van der Waals surface area contributed by atoms with Crippen LogP contribution in [0.15, 0.2) is 249 Å².